The quantitative estimate of drug-likeness (QED) is 0.738. The smallest absolute Gasteiger partial charge is 0.242 e. The number of piperidine rings is 1. The zero-order chi connectivity index (χ0) is 17.4. The first-order chi connectivity index (χ1) is 12.1. The van der Waals surface area contributed by atoms with E-state index in [1.54, 1.807) is 6.33 Å². The van der Waals surface area contributed by atoms with Crippen molar-refractivity contribution in [1.29, 1.82) is 0 Å². The number of aromatic nitrogens is 4. The molecule has 4 rings (SSSR count). The Hall–Kier alpha value is -2.63. The van der Waals surface area contributed by atoms with Crippen LogP contribution >= 0.6 is 0 Å². The molecule has 0 N–H and O–H groups in total. The second-order valence-electron chi connectivity index (χ2n) is 6.89. The van der Waals surface area contributed by atoms with Gasteiger partial charge in [-0.3, -0.25) is 4.79 Å². The third-order valence-electron chi connectivity index (χ3n) is 5.00. The summed E-state index contributed by atoms with van der Waals surface area (Å²) in [6, 6.07) is 7.92. The van der Waals surface area contributed by atoms with Crippen LogP contribution in [0.1, 0.15) is 30.3 Å². The lowest BCUT2D eigenvalue weighted by atomic mass is 9.97. The zero-order valence-electron chi connectivity index (χ0n) is 14.7. The zero-order valence-corrected chi connectivity index (χ0v) is 14.7. The standard InChI is InChI=1S/C19H23N5O/c1-14-10-22(2)19(21-14)15-6-5-9-23(11-15)18(25)12-24-13-20-16-7-3-4-8-17(16)24/h3-4,7-8,10,13,15H,5-6,9,11-12H2,1-2H3. The van der Waals surface area contributed by atoms with E-state index in [1.165, 1.54) is 0 Å². The number of carbonyl (C=O) groups is 1. The summed E-state index contributed by atoms with van der Waals surface area (Å²) in [7, 11) is 2.04. The fraction of sp³-hybridized carbons (Fsp3) is 0.421. The van der Waals surface area contributed by atoms with Crippen molar-refractivity contribution in [3.05, 3.63) is 48.3 Å². The van der Waals surface area contributed by atoms with Crippen LogP contribution in [0.4, 0.5) is 0 Å². The van der Waals surface area contributed by atoms with Gasteiger partial charge in [-0.1, -0.05) is 12.1 Å². The molecule has 1 saturated heterocycles. The molecule has 1 fully saturated rings. The van der Waals surface area contributed by atoms with Gasteiger partial charge in [0.2, 0.25) is 5.91 Å². The van der Waals surface area contributed by atoms with E-state index in [2.05, 4.69) is 14.5 Å². The van der Waals surface area contributed by atoms with Crippen LogP contribution in [0.15, 0.2) is 36.8 Å². The number of hydrogen-bond acceptors (Lipinski definition) is 3. The molecule has 6 heteroatoms. The van der Waals surface area contributed by atoms with E-state index < -0.39 is 0 Å². The van der Waals surface area contributed by atoms with Crippen LogP contribution < -0.4 is 0 Å². The number of benzene rings is 1. The number of hydrogen-bond donors (Lipinski definition) is 0. The molecule has 0 saturated carbocycles. The number of carbonyl (C=O) groups excluding carboxylic acids is 1. The molecular formula is C19H23N5O. The summed E-state index contributed by atoms with van der Waals surface area (Å²) >= 11 is 0. The number of imidazole rings is 2. The van der Waals surface area contributed by atoms with Gasteiger partial charge in [-0.05, 0) is 31.9 Å². The molecule has 1 amide bonds. The maximum atomic E-state index is 12.8. The molecule has 1 atom stereocenters. The number of likely N-dealkylation sites (tertiary alicyclic amines) is 1. The molecule has 3 aromatic rings. The maximum Gasteiger partial charge on any atom is 0.242 e. The van der Waals surface area contributed by atoms with Gasteiger partial charge in [-0.2, -0.15) is 0 Å². The Morgan fingerprint density at radius 3 is 2.96 bits per heavy atom. The van der Waals surface area contributed by atoms with Crippen molar-refractivity contribution in [2.45, 2.75) is 32.2 Å². The van der Waals surface area contributed by atoms with Crippen LogP contribution in [0.25, 0.3) is 11.0 Å². The van der Waals surface area contributed by atoms with Gasteiger partial charge in [0.1, 0.15) is 12.4 Å². The molecule has 0 bridgehead atoms. The highest BCUT2D eigenvalue weighted by Crippen LogP contribution is 2.26. The number of nitrogens with zero attached hydrogens (tertiary/aromatic N) is 5. The second kappa shape index (κ2) is 6.35. The van der Waals surface area contributed by atoms with Crippen molar-refractivity contribution in [2.24, 2.45) is 7.05 Å². The minimum absolute atomic E-state index is 0.152. The average Bonchev–Trinajstić information content (AvgIpc) is 3.18. The molecule has 1 aliphatic rings. The predicted molar refractivity (Wildman–Crippen MR) is 96.2 cm³/mol. The fourth-order valence-corrected chi connectivity index (χ4v) is 3.81. The summed E-state index contributed by atoms with van der Waals surface area (Å²) in [5, 5.41) is 0. The third kappa shape index (κ3) is 3.04. The van der Waals surface area contributed by atoms with Crippen molar-refractivity contribution in [3.8, 4) is 0 Å². The first-order valence-electron chi connectivity index (χ1n) is 8.79. The van der Waals surface area contributed by atoms with Crippen LogP contribution in [0.3, 0.4) is 0 Å². The Bertz CT molecular complexity index is 910. The second-order valence-corrected chi connectivity index (χ2v) is 6.89. The van der Waals surface area contributed by atoms with Gasteiger partial charge in [0, 0.05) is 32.3 Å². The molecule has 25 heavy (non-hydrogen) atoms. The molecule has 1 aromatic carbocycles. The van der Waals surface area contributed by atoms with E-state index in [0.29, 0.717) is 12.5 Å². The van der Waals surface area contributed by atoms with Crippen molar-refractivity contribution >= 4 is 16.9 Å². The molecule has 130 valence electrons. The van der Waals surface area contributed by atoms with Gasteiger partial charge >= 0.3 is 0 Å². The Morgan fingerprint density at radius 1 is 1.32 bits per heavy atom. The summed E-state index contributed by atoms with van der Waals surface area (Å²) in [5.41, 5.74) is 2.96. The van der Waals surface area contributed by atoms with Crippen molar-refractivity contribution in [2.75, 3.05) is 13.1 Å². The van der Waals surface area contributed by atoms with Crippen molar-refractivity contribution < 1.29 is 4.79 Å². The van der Waals surface area contributed by atoms with E-state index in [4.69, 9.17) is 0 Å². The van der Waals surface area contributed by atoms with Crippen molar-refractivity contribution in [1.82, 2.24) is 24.0 Å². The predicted octanol–water partition coefficient (Wildman–Crippen LogP) is 2.48. The topological polar surface area (TPSA) is 56.0 Å². The maximum absolute atomic E-state index is 12.8. The molecule has 1 aliphatic heterocycles. The molecule has 1 unspecified atom stereocenters. The van der Waals surface area contributed by atoms with Crippen molar-refractivity contribution in [3.63, 3.8) is 0 Å². The molecule has 6 nitrogen and oxygen atoms in total. The Balaban J connectivity index is 1.49. The Kier molecular flexibility index (Phi) is 4.03. The van der Waals surface area contributed by atoms with Gasteiger partial charge in [-0.25, -0.2) is 9.97 Å². The highest BCUT2D eigenvalue weighted by Gasteiger charge is 2.27. The first-order valence-corrected chi connectivity index (χ1v) is 8.79. The largest absolute Gasteiger partial charge is 0.340 e. The summed E-state index contributed by atoms with van der Waals surface area (Å²) < 4.78 is 4.03. The molecule has 2 aromatic heterocycles. The minimum atomic E-state index is 0.152. The molecule has 3 heterocycles. The van der Waals surface area contributed by atoms with Crippen LogP contribution in [0.5, 0.6) is 0 Å². The Morgan fingerprint density at radius 2 is 2.16 bits per heavy atom. The average molecular weight is 337 g/mol. The number of aryl methyl sites for hydroxylation is 2. The normalized spacial score (nSPS) is 18.0. The molecule has 0 radical (unpaired) electrons. The van der Waals surface area contributed by atoms with E-state index in [-0.39, 0.29) is 5.91 Å². The van der Waals surface area contributed by atoms with E-state index >= 15 is 0 Å². The summed E-state index contributed by atoms with van der Waals surface area (Å²) in [6.07, 6.45) is 5.91. The first kappa shape index (κ1) is 15.9. The van der Waals surface area contributed by atoms with Gasteiger partial charge in [0.15, 0.2) is 0 Å². The summed E-state index contributed by atoms with van der Waals surface area (Å²) in [6.45, 7) is 3.92. The number of fused-ring (bicyclic) bond motifs is 1. The highest BCUT2D eigenvalue weighted by molar-refractivity contribution is 5.80. The SMILES string of the molecule is Cc1cn(C)c(C2CCCN(C(=O)Cn3cnc4ccccc43)C2)n1. The lowest BCUT2D eigenvalue weighted by Crippen LogP contribution is -2.41. The minimum Gasteiger partial charge on any atom is -0.340 e. The number of para-hydroxylation sites is 2. The number of rotatable bonds is 3. The summed E-state index contributed by atoms with van der Waals surface area (Å²) in [4.78, 5) is 23.8. The van der Waals surface area contributed by atoms with E-state index in [9.17, 15) is 4.79 Å². The van der Waals surface area contributed by atoms with Gasteiger partial charge < -0.3 is 14.0 Å². The number of amides is 1. The summed E-state index contributed by atoms with van der Waals surface area (Å²) in [5.74, 6) is 1.55. The highest BCUT2D eigenvalue weighted by atomic mass is 16.2. The van der Waals surface area contributed by atoms with E-state index in [1.807, 2.05) is 53.9 Å². The van der Waals surface area contributed by atoms with Crippen LogP contribution in [-0.2, 0) is 18.4 Å². The van der Waals surface area contributed by atoms with Gasteiger partial charge in [0.05, 0.1) is 23.1 Å². The van der Waals surface area contributed by atoms with E-state index in [0.717, 1.165) is 48.5 Å². The van der Waals surface area contributed by atoms with Crippen LogP contribution in [0.2, 0.25) is 0 Å². The van der Waals surface area contributed by atoms with Crippen LogP contribution in [0, 0.1) is 6.92 Å². The Labute approximate surface area is 147 Å². The fourth-order valence-electron chi connectivity index (χ4n) is 3.81. The molecular weight excluding hydrogens is 314 g/mol. The third-order valence-corrected chi connectivity index (χ3v) is 5.00. The van der Waals surface area contributed by atoms with Crippen LogP contribution in [-0.4, -0.2) is 43.0 Å². The monoisotopic (exact) mass is 337 g/mol. The molecule has 0 spiro atoms. The van der Waals surface area contributed by atoms with Gasteiger partial charge in [-0.15, -0.1) is 0 Å². The van der Waals surface area contributed by atoms with Gasteiger partial charge in [0.25, 0.3) is 0 Å². The molecule has 0 aliphatic carbocycles. The lowest BCUT2D eigenvalue weighted by Gasteiger charge is -2.32. The lowest BCUT2D eigenvalue weighted by molar-refractivity contribution is -0.133.